The number of carbonyl (C=O) groups excluding carboxylic acids is 1. The van der Waals surface area contributed by atoms with Crippen LogP contribution in [-0.4, -0.2) is 25.9 Å². The van der Waals surface area contributed by atoms with Crippen molar-refractivity contribution in [3.8, 4) is 16.9 Å². The fourth-order valence-corrected chi connectivity index (χ4v) is 3.16. The highest BCUT2D eigenvalue weighted by Gasteiger charge is 2.30. The summed E-state index contributed by atoms with van der Waals surface area (Å²) in [7, 11) is 0. The lowest BCUT2D eigenvalue weighted by Crippen LogP contribution is -2.24. The Morgan fingerprint density at radius 2 is 1.75 bits per heavy atom. The fraction of sp³-hybridized carbons (Fsp3) is 0.0909. The van der Waals surface area contributed by atoms with E-state index in [1.807, 2.05) is 0 Å². The van der Waals surface area contributed by atoms with Crippen LogP contribution in [0.4, 0.5) is 13.2 Å². The summed E-state index contributed by atoms with van der Waals surface area (Å²) >= 11 is 5.96. The molecule has 2 aromatic heterocycles. The van der Waals surface area contributed by atoms with Crippen molar-refractivity contribution in [3.63, 3.8) is 0 Å². The third-order valence-corrected chi connectivity index (χ3v) is 4.88. The van der Waals surface area contributed by atoms with E-state index in [1.165, 1.54) is 16.8 Å². The van der Waals surface area contributed by atoms with Crippen LogP contribution in [0.2, 0.25) is 5.02 Å². The molecule has 0 aliphatic heterocycles. The molecule has 32 heavy (non-hydrogen) atoms. The molecule has 4 aromatic rings. The van der Waals surface area contributed by atoms with Gasteiger partial charge in [0.15, 0.2) is 5.69 Å². The molecule has 10 heteroatoms. The maximum atomic E-state index is 12.9. The minimum Gasteiger partial charge on any atom is -0.346 e. The molecule has 0 saturated heterocycles. The van der Waals surface area contributed by atoms with Crippen molar-refractivity contribution in [1.82, 2.24) is 25.3 Å². The van der Waals surface area contributed by atoms with Crippen molar-refractivity contribution < 1.29 is 18.0 Å². The van der Waals surface area contributed by atoms with E-state index >= 15 is 0 Å². The van der Waals surface area contributed by atoms with Gasteiger partial charge in [0.25, 0.3) is 5.91 Å². The Labute approximate surface area is 185 Å². The van der Waals surface area contributed by atoms with Gasteiger partial charge in [0, 0.05) is 29.5 Å². The van der Waals surface area contributed by atoms with Crippen LogP contribution in [-0.2, 0) is 12.7 Å². The van der Waals surface area contributed by atoms with Gasteiger partial charge in [-0.2, -0.15) is 13.2 Å². The van der Waals surface area contributed by atoms with Crippen LogP contribution in [0.25, 0.3) is 16.9 Å². The van der Waals surface area contributed by atoms with Crippen LogP contribution in [0.3, 0.4) is 0 Å². The Morgan fingerprint density at radius 1 is 1.03 bits per heavy atom. The maximum Gasteiger partial charge on any atom is 0.416 e. The number of amides is 1. The second-order valence-electron chi connectivity index (χ2n) is 6.79. The summed E-state index contributed by atoms with van der Waals surface area (Å²) in [6, 6.07) is 14.9. The Kier molecular flexibility index (Phi) is 5.91. The summed E-state index contributed by atoms with van der Waals surface area (Å²) in [5.74, 6) is -0.524. The number of aromatic nitrogens is 4. The second kappa shape index (κ2) is 8.80. The number of hydrogen-bond acceptors (Lipinski definition) is 4. The minimum absolute atomic E-state index is 0.0251. The predicted molar refractivity (Wildman–Crippen MR) is 112 cm³/mol. The molecule has 0 bridgehead atoms. The predicted octanol–water partition coefficient (Wildman–Crippen LogP) is 4.93. The third-order valence-electron chi connectivity index (χ3n) is 4.63. The highest BCUT2D eigenvalue weighted by Crippen LogP contribution is 2.29. The van der Waals surface area contributed by atoms with Crippen LogP contribution in [0.15, 0.2) is 73.1 Å². The summed E-state index contributed by atoms with van der Waals surface area (Å²) in [5, 5.41) is 11.4. The summed E-state index contributed by atoms with van der Waals surface area (Å²) in [5.41, 5.74) is 1.50. The van der Waals surface area contributed by atoms with Gasteiger partial charge in [0.1, 0.15) is 5.69 Å². The molecule has 0 atom stereocenters. The Balaban J connectivity index is 1.61. The topological polar surface area (TPSA) is 72.7 Å². The monoisotopic (exact) mass is 457 g/mol. The van der Waals surface area contributed by atoms with E-state index in [9.17, 15) is 18.0 Å². The largest absolute Gasteiger partial charge is 0.416 e. The van der Waals surface area contributed by atoms with Crippen molar-refractivity contribution in [2.24, 2.45) is 0 Å². The van der Waals surface area contributed by atoms with Gasteiger partial charge in [-0.3, -0.25) is 9.78 Å². The number of alkyl halides is 3. The van der Waals surface area contributed by atoms with Gasteiger partial charge < -0.3 is 5.32 Å². The molecule has 0 fully saturated rings. The van der Waals surface area contributed by atoms with E-state index in [1.54, 1.807) is 48.8 Å². The summed E-state index contributed by atoms with van der Waals surface area (Å²) in [6.45, 7) is 0.0251. The number of hydrogen-bond donors (Lipinski definition) is 1. The summed E-state index contributed by atoms with van der Waals surface area (Å²) < 4.78 is 39.7. The van der Waals surface area contributed by atoms with Crippen molar-refractivity contribution in [3.05, 3.63) is 94.9 Å². The molecule has 2 heterocycles. The molecule has 1 N–H and O–H groups in total. The second-order valence-corrected chi connectivity index (χ2v) is 7.23. The van der Waals surface area contributed by atoms with E-state index in [2.05, 4.69) is 20.6 Å². The number of halogens is 4. The molecule has 0 radical (unpaired) electrons. The number of pyridine rings is 1. The van der Waals surface area contributed by atoms with Crippen molar-refractivity contribution in [2.45, 2.75) is 12.7 Å². The van der Waals surface area contributed by atoms with Gasteiger partial charge in [-0.25, -0.2) is 4.68 Å². The number of nitrogens with zero attached hydrogens (tertiary/aromatic N) is 4. The Bertz CT molecular complexity index is 1220. The van der Waals surface area contributed by atoms with E-state index in [4.69, 9.17) is 11.6 Å². The van der Waals surface area contributed by atoms with Crippen LogP contribution >= 0.6 is 11.6 Å². The Morgan fingerprint density at radius 3 is 2.38 bits per heavy atom. The molecular weight excluding hydrogens is 443 g/mol. The molecule has 6 nitrogen and oxygen atoms in total. The molecule has 0 aliphatic carbocycles. The smallest absolute Gasteiger partial charge is 0.346 e. The summed E-state index contributed by atoms with van der Waals surface area (Å²) in [6.07, 6.45) is -1.23. The van der Waals surface area contributed by atoms with Gasteiger partial charge >= 0.3 is 6.18 Å². The molecule has 0 unspecified atom stereocenters. The van der Waals surface area contributed by atoms with Gasteiger partial charge in [0.2, 0.25) is 0 Å². The van der Waals surface area contributed by atoms with Crippen molar-refractivity contribution in [1.29, 1.82) is 0 Å². The third kappa shape index (κ3) is 4.62. The number of carbonyl (C=O) groups is 1. The summed E-state index contributed by atoms with van der Waals surface area (Å²) in [4.78, 5) is 17.0. The van der Waals surface area contributed by atoms with Crippen LogP contribution in [0.1, 0.15) is 21.6 Å². The van der Waals surface area contributed by atoms with Gasteiger partial charge in [-0.1, -0.05) is 28.9 Å². The highest BCUT2D eigenvalue weighted by molar-refractivity contribution is 6.30. The molecule has 2 aromatic carbocycles. The van der Waals surface area contributed by atoms with Crippen molar-refractivity contribution in [2.75, 3.05) is 0 Å². The highest BCUT2D eigenvalue weighted by atomic mass is 35.5. The molecule has 0 aliphatic rings. The quantitative estimate of drug-likeness (QED) is 0.461. The lowest BCUT2D eigenvalue weighted by molar-refractivity contribution is -0.137. The lowest BCUT2D eigenvalue weighted by atomic mass is 10.1. The van der Waals surface area contributed by atoms with E-state index in [0.717, 1.165) is 12.1 Å². The van der Waals surface area contributed by atoms with Crippen LogP contribution in [0, 0.1) is 0 Å². The average molecular weight is 458 g/mol. The number of rotatable bonds is 5. The zero-order valence-electron chi connectivity index (χ0n) is 16.3. The Hall–Kier alpha value is -3.72. The number of nitrogens with one attached hydrogen (secondary N) is 1. The molecule has 1 amide bonds. The molecule has 4 rings (SSSR count). The zero-order valence-corrected chi connectivity index (χ0v) is 17.1. The standard InChI is InChI=1S/C22H15ClF3N5O/c23-17-7-9-18(10-8-17)31-20(15-2-1-11-27-13-15)19(29-30-31)21(32)28-12-14-3-5-16(6-4-14)22(24,25)26/h1-11,13H,12H2,(H,28,32). The number of benzene rings is 2. The average Bonchev–Trinajstić information content (AvgIpc) is 3.23. The zero-order chi connectivity index (χ0) is 22.7. The molecule has 0 spiro atoms. The SMILES string of the molecule is O=C(NCc1ccc(C(F)(F)F)cc1)c1nnn(-c2ccc(Cl)cc2)c1-c1cccnc1. The minimum atomic E-state index is -4.42. The lowest BCUT2D eigenvalue weighted by Gasteiger charge is -2.10. The molecular formula is C22H15ClF3N5O. The van der Waals surface area contributed by atoms with Gasteiger partial charge in [0.05, 0.1) is 11.3 Å². The first-order valence-corrected chi connectivity index (χ1v) is 9.77. The van der Waals surface area contributed by atoms with Gasteiger partial charge in [-0.15, -0.1) is 5.10 Å². The van der Waals surface area contributed by atoms with E-state index in [-0.39, 0.29) is 12.2 Å². The van der Waals surface area contributed by atoms with Crippen LogP contribution < -0.4 is 5.32 Å². The van der Waals surface area contributed by atoms with E-state index < -0.39 is 17.6 Å². The maximum absolute atomic E-state index is 12.9. The first kappa shape index (κ1) is 21.5. The molecule has 162 valence electrons. The first-order valence-electron chi connectivity index (χ1n) is 9.39. The van der Waals surface area contributed by atoms with E-state index in [0.29, 0.717) is 27.5 Å². The molecule has 0 saturated carbocycles. The van der Waals surface area contributed by atoms with Crippen LogP contribution in [0.5, 0.6) is 0 Å². The normalized spacial score (nSPS) is 11.4. The van der Waals surface area contributed by atoms with Gasteiger partial charge in [-0.05, 0) is 54.1 Å². The first-order chi connectivity index (χ1) is 15.3. The fourth-order valence-electron chi connectivity index (χ4n) is 3.04. The van der Waals surface area contributed by atoms with Crippen molar-refractivity contribution >= 4 is 17.5 Å².